The van der Waals surface area contributed by atoms with Gasteiger partial charge in [0.05, 0.1) is 0 Å². The summed E-state index contributed by atoms with van der Waals surface area (Å²) in [6.07, 6.45) is 2.07. The zero-order valence-electron chi connectivity index (χ0n) is 7.49. The molecule has 1 amide bonds. The minimum absolute atomic E-state index is 0.225. The standard InChI is InChI=1S/C9H16N2O/c1-6-4-8(6)9(12)11-3-2-7(10)5-11/h6-8H,2-5,10H2,1H3/t6?,7-,8?/m1/s1. The van der Waals surface area contributed by atoms with Crippen molar-refractivity contribution < 1.29 is 4.79 Å². The summed E-state index contributed by atoms with van der Waals surface area (Å²) in [6, 6.07) is 0.225. The Kier molecular flexibility index (Phi) is 1.83. The molecule has 0 radical (unpaired) electrons. The van der Waals surface area contributed by atoms with Crippen molar-refractivity contribution in [3.8, 4) is 0 Å². The van der Waals surface area contributed by atoms with Crippen molar-refractivity contribution in [2.75, 3.05) is 13.1 Å². The van der Waals surface area contributed by atoms with Gasteiger partial charge in [0.2, 0.25) is 5.91 Å². The van der Waals surface area contributed by atoms with Gasteiger partial charge < -0.3 is 10.6 Å². The van der Waals surface area contributed by atoms with E-state index in [2.05, 4.69) is 6.92 Å². The summed E-state index contributed by atoms with van der Waals surface area (Å²) in [5.74, 6) is 1.29. The molecule has 0 aromatic heterocycles. The molecule has 0 spiro atoms. The lowest BCUT2D eigenvalue weighted by Gasteiger charge is -2.15. The second-order valence-corrected chi connectivity index (χ2v) is 4.15. The van der Waals surface area contributed by atoms with Gasteiger partial charge in [-0.1, -0.05) is 6.92 Å². The van der Waals surface area contributed by atoms with Crippen molar-refractivity contribution in [1.29, 1.82) is 0 Å². The molecule has 2 fully saturated rings. The molecule has 2 rings (SSSR count). The van der Waals surface area contributed by atoms with E-state index in [4.69, 9.17) is 5.73 Å². The molecule has 0 aromatic carbocycles. The lowest BCUT2D eigenvalue weighted by atomic mass is 10.3. The van der Waals surface area contributed by atoms with E-state index in [1.165, 1.54) is 0 Å². The Morgan fingerprint density at radius 3 is 2.67 bits per heavy atom. The molecule has 1 saturated carbocycles. The average Bonchev–Trinajstić information content (AvgIpc) is 2.58. The topological polar surface area (TPSA) is 46.3 Å². The van der Waals surface area contributed by atoms with Crippen molar-refractivity contribution >= 4 is 5.91 Å². The van der Waals surface area contributed by atoms with Crippen LogP contribution < -0.4 is 5.73 Å². The highest BCUT2D eigenvalue weighted by Gasteiger charge is 2.42. The number of amides is 1. The molecule has 2 unspecified atom stereocenters. The van der Waals surface area contributed by atoms with Crippen LogP contribution in [0.5, 0.6) is 0 Å². The van der Waals surface area contributed by atoms with Gasteiger partial charge >= 0.3 is 0 Å². The molecular formula is C9H16N2O. The number of likely N-dealkylation sites (tertiary alicyclic amines) is 1. The number of rotatable bonds is 1. The molecule has 1 saturated heterocycles. The highest BCUT2D eigenvalue weighted by molar-refractivity contribution is 5.81. The number of carbonyl (C=O) groups is 1. The van der Waals surface area contributed by atoms with Gasteiger partial charge in [0.25, 0.3) is 0 Å². The second kappa shape index (κ2) is 2.73. The largest absolute Gasteiger partial charge is 0.341 e. The molecule has 2 N–H and O–H groups in total. The third kappa shape index (κ3) is 1.33. The Morgan fingerprint density at radius 2 is 2.25 bits per heavy atom. The molecule has 2 aliphatic rings. The number of nitrogens with two attached hydrogens (primary N) is 1. The Morgan fingerprint density at radius 1 is 1.58 bits per heavy atom. The van der Waals surface area contributed by atoms with E-state index in [1.807, 2.05) is 4.90 Å². The summed E-state index contributed by atoms with van der Waals surface area (Å²) >= 11 is 0. The van der Waals surface area contributed by atoms with E-state index >= 15 is 0 Å². The van der Waals surface area contributed by atoms with Gasteiger partial charge in [-0.05, 0) is 18.8 Å². The van der Waals surface area contributed by atoms with Gasteiger partial charge in [-0.25, -0.2) is 0 Å². The van der Waals surface area contributed by atoms with Gasteiger partial charge in [-0.15, -0.1) is 0 Å². The first kappa shape index (κ1) is 8.05. The smallest absolute Gasteiger partial charge is 0.226 e. The molecule has 3 atom stereocenters. The second-order valence-electron chi connectivity index (χ2n) is 4.15. The summed E-state index contributed by atoms with van der Waals surface area (Å²) < 4.78 is 0. The van der Waals surface area contributed by atoms with Crippen molar-refractivity contribution in [3.63, 3.8) is 0 Å². The number of nitrogens with zero attached hydrogens (tertiary/aromatic N) is 1. The van der Waals surface area contributed by atoms with E-state index in [0.29, 0.717) is 17.7 Å². The predicted octanol–water partition coefficient (Wildman–Crippen LogP) is 0.202. The monoisotopic (exact) mass is 168 g/mol. The van der Waals surface area contributed by atoms with E-state index in [1.54, 1.807) is 0 Å². The first-order valence-electron chi connectivity index (χ1n) is 4.73. The van der Waals surface area contributed by atoms with Gasteiger partial charge in [0.1, 0.15) is 0 Å². The van der Waals surface area contributed by atoms with Crippen LogP contribution in [0.25, 0.3) is 0 Å². The van der Waals surface area contributed by atoms with Crippen LogP contribution in [0.2, 0.25) is 0 Å². The zero-order chi connectivity index (χ0) is 8.72. The lowest BCUT2D eigenvalue weighted by Crippen LogP contribution is -2.33. The Balaban J connectivity index is 1.89. The van der Waals surface area contributed by atoms with Crippen LogP contribution in [0.4, 0.5) is 0 Å². The maximum Gasteiger partial charge on any atom is 0.226 e. The maximum absolute atomic E-state index is 11.6. The van der Waals surface area contributed by atoms with Crippen LogP contribution in [0.3, 0.4) is 0 Å². The molecule has 1 heterocycles. The molecule has 0 bridgehead atoms. The van der Waals surface area contributed by atoms with Crippen LogP contribution >= 0.6 is 0 Å². The molecule has 1 aliphatic carbocycles. The third-order valence-corrected chi connectivity index (χ3v) is 2.96. The third-order valence-electron chi connectivity index (χ3n) is 2.96. The molecule has 0 aromatic rings. The predicted molar refractivity (Wildman–Crippen MR) is 46.4 cm³/mol. The van der Waals surface area contributed by atoms with Crippen molar-refractivity contribution in [2.24, 2.45) is 17.6 Å². The number of carbonyl (C=O) groups excluding carboxylic acids is 1. The first-order chi connectivity index (χ1) is 5.68. The van der Waals surface area contributed by atoms with E-state index in [-0.39, 0.29) is 6.04 Å². The van der Waals surface area contributed by atoms with Crippen LogP contribution in [-0.2, 0) is 4.79 Å². The molecule has 68 valence electrons. The SMILES string of the molecule is CC1CC1C(=O)N1CC[C@@H](N)C1. The average molecular weight is 168 g/mol. The van der Waals surface area contributed by atoms with E-state index in [0.717, 1.165) is 25.9 Å². The highest BCUT2D eigenvalue weighted by atomic mass is 16.2. The van der Waals surface area contributed by atoms with Gasteiger partial charge in [0.15, 0.2) is 0 Å². The molecule has 3 heteroatoms. The van der Waals surface area contributed by atoms with Crippen molar-refractivity contribution in [3.05, 3.63) is 0 Å². The van der Waals surface area contributed by atoms with Crippen LogP contribution in [0.15, 0.2) is 0 Å². The summed E-state index contributed by atoms with van der Waals surface area (Å²) in [6.45, 7) is 3.80. The molecule has 3 nitrogen and oxygen atoms in total. The van der Waals surface area contributed by atoms with E-state index in [9.17, 15) is 4.79 Å². The van der Waals surface area contributed by atoms with Gasteiger partial charge in [-0.3, -0.25) is 4.79 Å². The Labute approximate surface area is 72.9 Å². The summed E-state index contributed by atoms with van der Waals surface area (Å²) in [5.41, 5.74) is 5.72. The first-order valence-corrected chi connectivity index (χ1v) is 4.73. The van der Waals surface area contributed by atoms with Crippen LogP contribution in [-0.4, -0.2) is 29.9 Å². The summed E-state index contributed by atoms with van der Waals surface area (Å²) in [5, 5.41) is 0. The lowest BCUT2D eigenvalue weighted by molar-refractivity contribution is -0.131. The molecule has 1 aliphatic heterocycles. The summed E-state index contributed by atoms with van der Waals surface area (Å²) in [7, 11) is 0. The Bertz CT molecular complexity index is 205. The molecule has 12 heavy (non-hydrogen) atoms. The maximum atomic E-state index is 11.6. The molecular weight excluding hydrogens is 152 g/mol. The van der Waals surface area contributed by atoms with Gasteiger partial charge in [-0.2, -0.15) is 0 Å². The minimum atomic E-state index is 0.225. The van der Waals surface area contributed by atoms with Crippen LogP contribution in [0, 0.1) is 11.8 Å². The highest BCUT2D eigenvalue weighted by Crippen LogP contribution is 2.39. The fourth-order valence-corrected chi connectivity index (χ4v) is 1.89. The Hall–Kier alpha value is -0.570. The van der Waals surface area contributed by atoms with Crippen molar-refractivity contribution in [1.82, 2.24) is 4.90 Å². The van der Waals surface area contributed by atoms with Crippen LogP contribution in [0.1, 0.15) is 19.8 Å². The fraction of sp³-hybridized carbons (Fsp3) is 0.889. The zero-order valence-corrected chi connectivity index (χ0v) is 7.49. The van der Waals surface area contributed by atoms with E-state index < -0.39 is 0 Å². The van der Waals surface area contributed by atoms with Gasteiger partial charge in [0, 0.05) is 25.0 Å². The van der Waals surface area contributed by atoms with Crippen molar-refractivity contribution in [2.45, 2.75) is 25.8 Å². The number of hydrogen-bond donors (Lipinski definition) is 1. The summed E-state index contributed by atoms with van der Waals surface area (Å²) in [4.78, 5) is 13.6. The minimum Gasteiger partial charge on any atom is -0.341 e. The number of hydrogen-bond acceptors (Lipinski definition) is 2. The fourth-order valence-electron chi connectivity index (χ4n) is 1.89. The quantitative estimate of drug-likeness (QED) is 0.608. The normalized spacial score (nSPS) is 40.2.